The second-order valence-corrected chi connectivity index (χ2v) is 6.24. The Kier molecular flexibility index (Phi) is 10.2. The molecule has 0 fully saturated rings. The molecule has 0 aliphatic carbocycles. The normalized spacial score (nSPS) is 11.1. The summed E-state index contributed by atoms with van der Waals surface area (Å²) in [5, 5.41) is 6.66. The molecule has 0 saturated heterocycles. The van der Waals surface area contributed by atoms with E-state index < -0.39 is 0 Å². The third-order valence-electron chi connectivity index (χ3n) is 4.30. The van der Waals surface area contributed by atoms with Gasteiger partial charge < -0.3 is 20.0 Å². The van der Waals surface area contributed by atoms with Crippen molar-refractivity contribution in [1.29, 1.82) is 0 Å². The van der Waals surface area contributed by atoms with Crippen LogP contribution in [-0.4, -0.2) is 37.1 Å². The molecule has 0 bridgehead atoms. The average molecular weight is 485 g/mol. The van der Waals surface area contributed by atoms with Crippen LogP contribution in [0, 0.1) is 20.8 Å². The number of oxazole rings is 1. The van der Waals surface area contributed by atoms with E-state index in [4.69, 9.17) is 4.42 Å². The predicted molar refractivity (Wildman–Crippen MR) is 123 cm³/mol. The van der Waals surface area contributed by atoms with Gasteiger partial charge in [-0.15, -0.1) is 24.0 Å². The molecule has 0 spiro atoms. The zero-order chi connectivity index (χ0) is 18.9. The summed E-state index contributed by atoms with van der Waals surface area (Å²) in [7, 11) is 0. The largest absolute Gasteiger partial charge is 0.444 e. The summed E-state index contributed by atoms with van der Waals surface area (Å²) < 4.78 is 5.59. The van der Waals surface area contributed by atoms with Crippen LogP contribution in [0.5, 0.6) is 0 Å². The summed E-state index contributed by atoms with van der Waals surface area (Å²) >= 11 is 0. The first-order valence-electron chi connectivity index (χ1n) is 9.30. The number of aryl methyl sites for hydroxylation is 3. The van der Waals surface area contributed by atoms with Crippen LogP contribution >= 0.6 is 24.0 Å². The number of guanidine groups is 1. The maximum atomic E-state index is 5.59. The van der Waals surface area contributed by atoms with Crippen molar-refractivity contribution in [2.75, 3.05) is 31.1 Å². The maximum absolute atomic E-state index is 5.59. The molecule has 2 aromatic rings. The van der Waals surface area contributed by atoms with Gasteiger partial charge in [0, 0.05) is 31.9 Å². The van der Waals surface area contributed by atoms with Gasteiger partial charge in [-0.2, -0.15) is 0 Å². The van der Waals surface area contributed by atoms with Crippen LogP contribution in [-0.2, 0) is 6.54 Å². The molecule has 1 aromatic carbocycles. The molecule has 0 unspecified atom stereocenters. The fraction of sp³-hybridized carbons (Fsp3) is 0.500. The molecule has 0 radical (unpaired) electrons. The number of rotatable bonds is 8. The molecule has 6 nitrogen and oxygen atoms in total. The van der Waals surface area contributed by atoms with Crippen molar-refractivity contribution in [3.05, 3.63) is 47.2 Å². The average Bonchev–Trinajstić information content (AvgIpc) is 2.95. The topological polar surface area (TPSA) is 65.7 Å². The number of benzene rings is 1. The SMILES string of the molecule is CCNC(=NCc1nc(C)c(C)o1)NCCN(CC)c1ccccc1C.I. The van der Waals surface area contributed by atoms with Crippen LogP contribution < -0.4 is 15.5 Å². The first kappa shape index (κ1) is 23.3. The minimum absolute atomic E-state index is 0. The summed E-state index contributed by atoms with van der Waals surface area (Å²) in [4.78, 5) is 11.3. The zero-order valence-electron chi connectivity index (χ0n) is 17.0. The molecule has 1 heterocycles. The van der Waals surface area contributed by atoms with Gasteiger partial charge in [0.05, 0.1) is 5.69 Å². The van der Waals surface area contributed by atoms with Crippen molar-refractivity contribution in [3.8, 4) is 0 Å². The first-order valence-corrected chi connectivity index (χ1v) is 9.30. The Balaban J connectivity index is 0.00000364. The Morgan fingerprint density at radius 3 is 2.48 bits per heavy atom. The number of hydrogen-bond acceptors (Lipinski definition) is 4. The van der Waals surface area contributed by atoms with E-state index in [1.165, 1.54) is 11.3 Å². The summed E-state index contributed by atoms with van der Waals surface area (Å²) in [5.74, 6) is 2.28. The lowest BCUT2D eigenvalue weighted by Gasteiger charge is -2.25. The van der Waals surface area contributed by atoms with E-state index in [1.54, 1.807) is 0 Å². The van der Waals surface area contributed by atoms with Gasteiger partial charge in [0.25, 0.3) is 0 Å². The van der Waals surface area contributed by atoms with Gasteiger partial charge in [-0.25, -0.2) is 9.98 Å². The summed E-state index contributed by atoms with van der Waals surface area (Å²) in [6, 6.07) is 8.49. The first-order chi connectivity index (χ1) is 12.5. The Labute approximate surface area is 179 Å². The molecule has 1 aromatic heterocycles. The fourth-order valence-electron chi connectivity index (χ4n) is 2.77. The van der Waals surface area contributed by atoms with Gasteiger partial charge in [-0.1, -0.05) is 18.2 Å². The molecule has 2 N–H and O–H groups in total. The van der Waals surface area contributed by atoms with Crippen LogP contribution in [0.4, 0.5) is 5.69 Å². The van der Waals surface area contributed by atoms with Gasteiger partial charge in [0.1, 0.15) is 12.3 Å². The molecule has 0 aliphatic rings. The van der Waals surface area contributed by atoms with E-state index >= 15 is 0 Å². The highest BCUT2D eigenvalue weighted by molar-refractivity contribution is 14.0. The fourth-order valence-corrected chi connectivity index (χ4v) is 2.77. The lowest BCUT2D eigenvalue weighted by Crippen LogP contribution is -2.41. The van der Waals surface area contributed by atoms with Gasteiger partial charge in [0.2, 0.25) is 5.89 Å². The van der Waals surface area contributed by atoms with E-state index in [-0.39, 0.29) is 24.0 Å². The van der Waals surface area contributed by atoms with Crippen LogP contribution in [0.1, 0.15) is 36.8 Å². The monoisotopic (exact) mass is 485 g/mol. The number of aliphatic imine (C=N–C) groups is 1. The van der Waals surface area contributed by atoms with Crippen molar-refractivity contribution in [3.63, 3.8) is 0 Å². The highest BCUT2D eigenvalue weighted by Gasteiger charge is 2.08. The van der Waals surface area contributed by atoms with Gasteiger partial charge in [-0.05, 0) is 46.2 Å². The summed E-state index contributed by atoms with van der Waals surface area (Å²) in [5.41, 5.74) is 3.50. The number of aromatic nitrogens is 1. The molecule has 150 valence electrons. The van der Waals surface area contributed by atoms with Crippen molar-refractivity contribution < 1.29 is 4.42 Å². The van der Waals surface area contributed by atoms with E-state index in [1.807, 2.05) is 13.8 Å². The van der Waals surface area contributed by atoms with Gasteiger partial charge in [-0.3, -0.25) is 0 Å². The maximum Gasteiger partial charge on any atom is 0.216 e. The Morgan fingerprint density at radius 2 is 1.89 bits per heavy atom. The predicted octanol–water partition coefficient (Wildman–Crippen LogP) is 3.80. The van der Waals surface area contributed by atoms with E-state index in [0.29, 0.717) is 12.4 Å². The van der Waals surface area contributed by atoms with Gasteiger partial charge >= 0.3 is 0 Å². The van der Waals surface area contributed by atoms with Crippen molar-refractivity contribution >= 4 is 35.6 Å². The standard InChI is InChI=1S/C20H31N5O.HI/c1-6-21-20(23-14-19-24-16(4)17(5)26-19)22-12-13-25(7-2)18-11-9-8-10-15(18)3;/h8-11H,6-7,12-14H2,1-5H3,(H2,21,22,23);1H. The summed E-state index contributed by atoms with van der Waals surface area (Å²) in [6.45, 7) is 14.2. The second-order valence-electron chi connectivity index (χ2n) is 6.24. The second kappa shape index (κ2) is 11.8. The number of halogens is 1. The number of likely N-dealkylation sites (N-methyl/N-ethyl adjacent to an activating group) is 1. The molecule has 7 heteroatoms. The molecule has 0 amide bonds. The number of hydrogen-bond donors (Lipinski definition) is 2. The Bertz CT molecular complexity index is 709. The third kappa shape index (κ3) is 7.04. The Morgan fingerprint density at radius 1 is 1.15 bits per heavy atom. The smallest absolute Gasteiger partial charge is 0.216 e. The molecule has 0 aliphatic heterocycles. The number of nitrogens with one attached hydrogen (secondary N) is 2. The van der Waals surface area contributed by atoms with Crippen molar-refractivity contribution in [2.24, 2.45) is 4.99 Å². The zero-order valence-corrected chi connectivity index (χ0v) is 19.3. The minimum Gasteiger partial charge on any atom is -0.444 e. The molecule has 2 rings (SSSR count). The lowest BCUT2D eigenvalue weighted by atomic mass is 10.2. The van der Waals surface area contributed by atoms with Crippen molar-refractivity contribution in [1.82, 2.24) is 15.6 Å². The summed E-state index contributed by atoms with van der Waals surface area (Å²) in [6.07, 6.45) is 0. The van der Waals surface area contributed by atoms with Crippen LogP contribution in [0.3, 0.4) is 0 Å². The molecule has 0 saturated carbocycles. The van der Waals surface area contributed by atoms with E-state index in [9.17, 15) is 0 Å². The van der Waals surface area contributed by atoms with Gasteiger partial charge in [0.15, 0.2) is 5.96 Å². The molecular formula is C20H32IN5O. The van der Waals surface area contributed by atoms with Crippen molar-refractivity contribution in [2.45, 2.75) is 41.2 Å². The molecule has 0 atom stereocenters. The Hall–Kier alpha value is -1.77. The quantitative estimate of drug-likeness (QED) is 0.338. The lowest BCUT2D eigenvalue weighted by molar-refractivity contribution is 0.473. The van der Waals surface area contributed by atoms with Crippen LogP contribution in [0.2, 0.25) is 0 Å². The number of nitrogens with zero attached hydrogens (tertiary/aromatic N) is 3. The highest BCUT2D eigenvalue weighted by Crippen LogP contribution is 2.18. The highest BCUT2D eigenvalue weighted by atomic mass is 127. The third-order valence-corrected chi connectivity index (χ3v) is 4.30. The molecular weight excluding hydrogens is 453 g/mol. The number of anilines is 1. The number of para-hydroxylation sites is 1. The van der Waals surface area contributed by atoms with Crippen LogP contribution in [0.25, 0.3) is 0 Å². The van der Waals surface area contributed by atoms with Crippen LogP contribution in [0.15, 0.2) is 33.7 Å². The van der Waals surface area contributed by atoms with E-state index in [2.05, 4.69) is 70.5 Å². The minimum atomic E-state index is 0. The molecule has 27 heavy (non-hydrogen) atoms. The van der Waals surface area contributed by atoms with E-state index in [0.717, 1.165) is 43.6 Å².